The van der Waals surface area contributed by atoms with E-state index in [1.807, 2.05) is 0 Å². The van der Waals surface area contributed by atoms with Gasteiger partial charge in [-0.25, -0.2) is 5.84 Å². The van der Waals surface area contributed by atoms with Crippen molar-refractivity contribution in [1.82, 2.24) is 5.43 Å². The number of rotatable bonds is 2. The van der Waals surface area contributed by atoms with Crippen molar-refractivity contribution in [2.24, 2.45) is 5.84 Å². The molecule has 16 heavy (non-hydrogen) atoms. The quantitative estimate of drug-likeness (QED) is 0.310. The van der Waals surface area contributed by atoms with E-state index in [-0.39, 0.29) is 0 Å². The van der Waals surface area contributed by atoms with Crippen LogP contribution in [0.3, 0.4) is 0 Å². The van der Waals surface area contributed by atoms with Crippen molar-refractivity contribution in [1.29, 1.82) is 0 Å². The van der Waals surface area contributed by atoms with E-state index >= 15 is 0 Å². The van der Waals surface area contributed by atoms with E-state index in [9.17, 15) is 9.59 Å². The van der Waals surface area contributed by atoms with Gasteiger partial charge < -0.3 is 9.64 Å². The predicted octanol–water partition coefficient (Wildman–Crippen LogP) is -0.352. The van der Waals surface area contributed by atoms with E-state index in [0.717, 1.165) is 0 Å². The van der Waals surface area contributed by atoms with E-state index in [1.54, 1.807) is 29.7 Å². The number of hydrogen-bond donors (Lipinski definition) is 2. The van der Waals surface area contributed by atoms with Crippen LogP contribution in [0.15, 0.2) is 24.3 Å². The van der Waals surface area contributed by atoms with Crippen LogP contribution < -0.4 is 20.9 Å². The molecule has 1 rings (SSSR count). The van der Waals surface area contributed by atoms with Gasteiger partial charge in [0.2, 0.25) is 0 Å². The number of likely N-dealkylation sites (N-methyl/N-ethyl adjacent to an activating group) is 1. The van der Waals surface area contributed by atoms with E-state index in [0.29, 0.717) is 11.4 Å². The van der Waals surface area contributed by atoms with Gasteiger partial charge >= 0.3 is 11.8 Å². The molecule has 1 aromatic rings. The lowest BCUT2D eigenvalue weighted by Crippen LogP contribution is -2.44. The minimum Gasteiger partial charge on any atom is -0.495 e. The highest BCUT2D eigenvalue weighted by Gasteiger charge is 2.20. The SMILES string of the molecule is COc1ccccc1N(C)C(=O)C(=O)NN. The summed E-state index contributed by atoms with van der Waals surface area (Å²) in [5.41, 5.74) is 2.28. The standard InChI is InChI=1S/C10H13N3O3/c1-13(10(15)9(14)12-11)7-5-3-4-6-8(7)16-2/h3-6H,11H2,1-2H3,(H,12,14). The maximum atomic E-state index is 11.5. The van der Waals surface area contributed by atoms with Crippen molar-refractivity contribution in [2.45, 2.75) is 0 Å². The molecule has 0 heterocycles. The minimum atomic E-state index is -0.881. The number of hydrogen-bond acceptors (Lipinski definition) is 4. The lowest BCUT2D eigenvalue weighted by atomic mass is 10.2. The molecule has 0 radical (unpaired) electrons. The van der Waals surface area contributed by atoms with Crippen LogP contribution in [0, 0.1) is 0 Å². The molecule has 0 aliphatic carbocycles. The van der Waals surface area contributed by atoms with Crippen molar-refractivity contribution >= 4 is 17.5 Å². The fraction of sp³-hybridized carbons (Fsp3) is 0.200. The summed E-state index contributed by atoms with van der Waals surface area (Å²) in [5.74, 6) is 3.75. The molecule has 1 aromatic carbocycles. The van der Waals surface area contributed by atoms with Crippen molar-refractivity contribution < 1.29 is 14.3 Å². The molecule has 0 bridgehead atoms. The fourth-order valence-corrected chi connectivity index (χ4v) is 1.23. The largest absolute Gasteiger partial charge is 0.495 e. The molecule has 0 aromatic heterocycles. The molecule has 6 nitrogen and oxygen atoms in total. The number of hydrazine groups is 1. The van der Waals surface area contributed by atoms with Gasteiger partial charge in [-0.1, -0.05) is 12.1 Å². The number of amides is 2. The minimum absolute atomic E-state index is 0.499. The van der Waals surface area contributed by atoms with Gasteiger partial charge in [-0.3, -0.25) is 15.0 Å². The second-order valence-corrected chi connectivity index (χ2v) is 3.01. The summed E-state index contributed by atoms with van der Waals surface area (Å²) in [7, 11) is 2.95. The Morgan fingerprint density at radius 3 is 2.56 bits per heavy atom. The summed E-state index contributed by atoms with van der Waals surface area (Å²) in [6.07, 6.45) is 0. The number of carbonyl (C=O) groups excluding carboxylic acids is 2. The maximum absolute atomic E-state index is 11.5. The number of ether oxygens (including phenoxy) is 1. The van der Waals surface area contributed by atoms with Gasteiger partial charge in [-0.15, -0.1) is 0 Å². The van der Waals surface area contributed by atoms with E-state index < -0.39 is 11.8 Å². The Kier molecular flexibility index (Phi) is 3.84. The highest BCUT2D eigenvalue weighted by molar-refractivity contribution is 6.40. The second-order valence-electron chi connectivity index (χ2n) is 3.01. The first kappa shape index (κ1) is 12.0. The van der Waals surface area contributed by atoms with Crippen molar-refractivity contribution in [2.75, 3.05) is 19.1 Å². The summed E-state index contributed by atoms with van der Waals surface area (Å²) in [5, 5.41) is 0. The van der Waals surface area contributed by atoms with Crippen LogP contribution in [-0.2, 0) is 9.59 Å². The molecule has 0 fully saturated rings. The number of methoxy groups -OCH3 is 1. The van der Waals surface area contributed by atoms with Gasteiger partial charge in [0.25, 0.3) is 0 Å². The topological polar surface area (TPSA) is 84.7 Å². The Bertz CT molecular complexity index is 406. The zero-order valence-electron chi connectivity index (χ0n) is 9.06. The van der Waals surface area contributed by atoms with Crippen molar-refractivity contribution in [3.8, 4) is 5.75 Å². The molecule has 0 aliphatic heterocycles. The molecule has 0 aliphatic rings. The summed E-state index contributed by atoms with van der Waals surface area (Å²) in [4.78, 5) is 23.7. The highest BCUT2D eigenvalue weighted by atomic mass is 16.5. The van der Waals surface area contributed by atoms with E-state index in [1.165, 1.54) is 19.1 Å². The average Bonchev–Trinajstić information content (AvgIpc) is 2.35. The summed E-state index contributed by atoms with van der Waals surface area (Å²) < 4.78 is 5.07. The molecule has 6 heteroatoms. The predicted molar refractivity (Wildman–Crippen MR) is 58.7 cm³/mol. The Morgan fingerprint density at radius 1 is 1.38 bits per heavy atom. The molecule has 0 spiro atoms. The monoisotopic (exact) mass is 223 g/mol. The zero-order chi connectivity index (χ0) is 12.1. The highest BCUT2D eigenvalue weighted by Crippen LogP contribution is 2.26. The lowest BCUT2D eigenvalue weighted by molar-refractivity contribution is -0.137. The van der Waals surface area contributed by atoms with Gasteiger partial charge in [0, 0.05) is 7.05 Å². The summed E-state index contributed by atoms with van der Waals surface area (Å²) in [6, 6.07) is 6.87. The van der Waals surface area contributed by atoms with Gasteiger partial charge in [0.1, 0.15) is 5.75 Å². The first-order valence-electron chi connectivity index (χ1n) is 4.53. The molecular weight excluding hydrogens is 210 g/mol. The smallest absolute Gasteiger partial charge is 0.323 e. The lowest BCUT2D eigenvalue weighted by Gasteiger charge is -2.18. The Balaban J connectivity index is 3.00. The molecule has 3 N–H and O–H groups in total. The normalized spacial score (nSPS) is 9.44. The molecule has 0 saturated carbocycles. The van der Waals surface area contributed by atoms with E-state index in [2.05, 4.69) is 0 Å². The number of anilines is 1. The molecule has 0 unspecified atom stereocenters. The van der Waals surface area contributed by atoms with Gasteiger partial charge in [-0.2, -0.15) is 0 Å². The first-order valence-corrected chi connectivity index (χ1v) is 4.53. The van der Waals surface area contributed by atoms with Crippen molar-refractivity contribution in [3.05, 3.63) is 24.3 Å². The third-order valence-corrected chi connectivity index (χ3v) is 2.08. The van der Waals surface area contributed by atoms with Crippen molar-refractivity contribution in [3.63, 3.8) is 0 Å². The van der Waals surface area contributed by atoms with Crippen LogP contribution in [-0.4, -0.2) is 26.0 Å². The van der Waals surface area contributed by atoms with Crippen LogP contribution >= 0.6 is 0 Å². The van der Waals surface area contributed by atoms with Crippen LogP contribution in [0.25, 0.3) is 0 Å². The third-order valence-electron chi connectivity index (χ3n) is 2.08. The van der Waals surface area contributed by atoms with Gasteiger partial charge in [-0.05, 0) is 12.1 Å². The van der Waals surface area contributed by atoms with Gasteiger partial charge in [0.15, 0.2) is 0 Å². The van der Waals surface area contributed by atoms with Crippen LogP contribution in [0.2, 0.25) is 0 Å². The molecule has 0 saturated heterocycles. The summed E-state index contributed by atoms with van der Waals surface area (Å²) >= 11 is 0. The van der Waals surface area contributed by atoms with E-state index in [4.69, 9.17) is 10.6 Å². The number of carbonyl (C=O) groups is 2. The molecule has 86 valence electrons. The van der Waals surface area contributed by atoms with Crippen LogP contribution in [0.1, 0.15) is 0 Å². The molecule has 0 atom stereocenters. The Hall–Kier alpha value is -2.08. The Labute approximate surface area is 92.9 Å². The number of nitrogens with zero attached hydrogens (tertiary/aromatic N) is 1. The van der Waals surface area contributed by atoms with Gasteiger partial charge in [0.05, 0.1) is 12.8 Å². The fourth-order valence-electron chi connectivity index (χ4n) is 1.23. The number of nitrogens with two attached hydrogens (primary N) is 1. The molecular formula is C10H13N3O3. The average molecular weight is 223 g/mol. The van der Waals surface area contributed by atoms with Crippen LogP contribution in [0.4, 0.5) is 5.69 Å². The number of para-hydroxylation sites is 2. The Morgan fingerprint density at radius 2 is 2.00 bits per heavy atom. The zero-order valence-corrected chi connectivity index (χ0v) is 9.06. The number of nitrogens with one attached hydrogen (secondary N) is 1. The summed E-state index contributed by atoms with van der Waals surface area (Å²) in [6.45, 7) is 0. The maximum Gasteiger partial charge on any atom is 0.323 e. The number of benzene rings is 1. The third kappa shape index (κ3) is 2.29. The van der Waals surface area contributed by atoms with Crippen LogP contribution in [0.5, 0.6) is 5.75 Å². The first-order chi connectivity index (χ1) is 7.61. The molecule has 2 amide bonds. The second kappa shape index (κ2) is 5.13.